The quantitative estimate of drug-likeness (QED) is 0.772. The van der Waals surface area contributed by atoms with Gasteiger partial charge in [-0.1, -0.05) is 42.5 Å². The molecule has 0 saturated heterocycles. The summed E-state index contributed by atoms with van der Waals surface area (Å²) in [7, 11) is 3.36. The summed E-state index contributed by atoms with van der Waals surface area (Å²) in [6.45, 7) is 0. The maximum atomic E-state index is 5.26. The summed E-state index contributed by atoms with van der Waals surface area (Å²) >= 11 is 0. The van der Waals surface area contributed by atoms with Gasteiger partial charge >= 0.3 is 5.78 Å². The molecule has 0 N–H and O–H groups in total. The van der Waals surface area contributed by atoms with Gasteiger partial charge in [-0.05, 0) is 46.6 Å². The number of benzene rings is 2. The SMILES string of the molecule is COc1ccc(C(=C2C=CC(=[O+]C)C=C2)c2ccccc2)cc1. The minimum absolute atomic E-state index is 0.857. The number of ketones is 1. The van der Waals surface area contributed by atoms with Crippen LogP contribution in [0.2, 0.25) is 0 Å². The molecular weight excluding hydrogens is 284 g/mol. The van der Waals surface area contributed by atoms with Gasteiger partial charge in [0.05, 0.1) is 7.11 Å². The van der Waals surface area contributed by atoms with Crippen molar-refractivity contribution in [2.45, 2.75) is 0 Å². The highest BCUT2D eigenvalue weighted by Crippen LogP contribution is 2.30. The number of allylic oxidation sites excluding steroid dienone is 5. The average molecular weight is 303 g/mol. The maximum absolute atomic E-state index is 5.26. The fourth-order valence-corrected chi connectivity index (χ4v) is 2.62. The molecule has 23 heavy (non-hydrogen) atoms. The Morgan fingerprint density at radius 2 is 1.39 bits per heavy atom. The zero-order chi connectivity index (χ0) is 16.1. The van der Waals surface area contributed by atoms with E-state index in [-0.39, 0.29) is 0 Å². The van der Waals surface area contributed by atoms with Crippen molar-refractivity contribution in [3.63, 3.8) is 0 Å². The molecule has 3 rings (SSSR count). The number of carbonyl (C=O) groups excluding carboxylic acids is 1. The Morgan fingerprint density at radius 1 is 0.783 bits per heavy atom. The third-order valence-electron chi connectivity index (χ3n) is 3.82. The summed E-state index contributed by atoms with van der Waals surface area (Å²) in [5, 5.41) is 0. The number of hydrogen-bond donors (Lipinski definition) is 0. The summed E-state index contributed by atoms with van der Waals surface area (Å²) in [6.07, 6.45) is 8.15. The van der Waals surface area contributed by atoms with Crippen LogP contribution in [-0.2, 0) is 4.42 Å². The molecular formula is C21H19O2+. The summed E-state index contributed by atoms with van der Waals surface area (Å²) in [6, 6.07) is 18.6. The molecule has 0 aliphatic heterocycles. The average Bonchev–Trinajstić information content (AvgIpc) is 2.64. The van der Waals surface area contributed by atoms with Crippen LogP contribution in [0.1, 0.15) is 11.1 Å². The molecule has 0 atom stereocenters. The van der Waals surface area contributed by atoms with Crippen LogP contribution in [0.3, 0.4) is 0 Å². The smallest absolute Gasteiger partial charge is 0.343 e. The van der Waals surface area contributed by atoms with Crippen LogP contribution >= 0.6 is 0 Å². The number of ether oxygens (including phenoxy) is 1. The second-order valence-electron chi connectivity index (χ2n) is 5.20. The van der Waals surface area contributed by atoms with Crippen LogP contribution in [0.4, 0.5) is 0 Å². The topological polar surface area (TPSA) is 20.5 Å². The minimum atomic E-state index is 0.857. The number of rotatable bonds is 3. The molecule has 0 aromatic heterocycles. The van der Waals surface area contributed by atoms with E-state index < -0.39 is 0 Å². The van der Waals surface area contributed by atoms with Gasteiger partial charge < -0.3 is 4.74 Å². The molecule has 1 aliphatic rings. The largest absolute Gasteiger partial charge is 0.497 e. The lowest BCUT2D eigenvalue weighted by atomic mass is 9.91. The summed E-state index contributed by atoms with van der Waals surface area (Å²) in [5.41, 5.74) is 4.68. The third-order valence-corrected chi connectivity index (χ3v) is 3.82. The molecule has 114 valence electrons. The molecule has 0 heterocycles. The first kappa shape index (κ1) is 15.0. The molecule has 1 aliphatic carbocycles. The number of methoxy groups -OCH3 is 1. The zero-order valence-electron chi connectivity index (χ0n) is 13.3. The first-order chi connectivity index (χ1) is 11.3. The highest BCUT2D eigenvalue weighted by Gasteiger charge is 2.13. The van der Waals surface area contributed by atoms with Gasteiger partial charge in [0.1, 0.15) is 5.75 Å². The van der Waals surface area contributed by atoms with Crippen LogP contribution in [-0.4, -0.2) is 20.0 Å². The van der Waals surface area contributed by atoms with E-state index in [1.165, 1.54) is 11.1 Å². The van der Waals surface area contributed by atoms with E-state index in [2.05, 4.69) is 48.6 Å². The maximum Gasteiger partial charge on any atom is 0.343 e. The molecule has 0 amide bonds. The first-order valence-corrected chi connectivity index (χ1v) is 7.53. The lowest BCUT2D eigenvalue weighted by Crippen LogP contribution is -1.99. The van der Waals surface area contributed by atoms with Crippen molar-refractivity contribution in [2.24, 2.45) is 0 Å². The van der Waals surface area contributed by atoms with E-state index in [1.807, 2.05) is 30.4 Å². The van der Waals surface area contributed by atoms with Crippen molar-refractivity contribution in [1.29, 1.82) is 0 Å². The van der Waals surface area contributed by atoms with Crippen LogP contribution in [0.5, 0.6) is 5.75 Å². The minimum Gasteiger partial charge on any atom is -0.497 e. The van der Waals surface area contributed by atoms with Crippen molar-refractivity contribution < 1.29 is 9.16 Å². The van der Waals surface area contributed by atoms with Crippen molar-refractivity contribution >= 4 is 11.4 Å². The lowest BCUT2D eigenvalue weighted by Gasteiger charge is -2.13. The zero-order valence-corrected chi connectivity index (χ0v) is 13.3. The van der Waals surface area contributed by atoms with E-state index in [1.54, 1.807) is 14.2 Å². The van der Waals surface area contributed by atoms with Gasteiger partial charge in [0, 0.05) is 12.2 Å². The third kappa shape index (κ3) is 3.32. The molecule has 0 fully saturated rings. The van der Waals surface area contributed by atoms with Gasteiger partial charge in [-0.25, -0.2) is 0 Å². The molecule has 0 radical (unpaired) electrons. The Bertz CT molecular complexity index is 773. The highest BCUT2D eigenvalue weighted by atomic mass is 16.5. The molecule has 2 nitrogen and oxygen atoms in total. The monoisotopic (exact) mass is 303 g/mol. The Labute approximate surface area is 136 Å². The normalized spacial score (nSPS) is 13.1. The molecule has 0 unspecified atom stereocenters. The molecule has 2 aromatic carbocycles. The van der Waals surface area contributed by atoms with Gasteiger partial charge in [0.2, 0.25) is 0 Å². The van der Waals surface area contributed by atoms with Gasteiger partial charge in [0.15, 0.2) is 0 Å². The van der Waals surface area contributed by atoms with E-state index in [4.69, 9.17) is 9.16 Å². The van der Waals surface area contributed by atoms with Crippen molar-refractivity contribution in [1.82, 2.24) is 0 Å². The predicted molar refractivity (Wildman–Crippen MR) is 94.7 cm³/mol. The van der Waals surface area contributed by atoms with E-state index in [9.17, 15) is 0 Å². The second-order valence-corrected chi connectivity index (χ2v) is 5.20. The standard InChI is InChI=1S/C21H19O2/c1-22-19-12-8-17(9-13-19)21(16-6-4-3-5-7-16)18-10-14-20(23-2)15-11-18/h3-15H,1-2H3/q+1. The Hall–Kier alpha value is -2.87. The second kappa shape index (κ2) is 6.93. The fraction of sp³-hybridized carbons (Fsp3) is 0.0952. The van der Waals surface area contributed by atoms with Crippen molar-refractivity contribution in [3.05, 3.63) is 95.6 Å². The van der Waals surface area contributed by atoms with E-state index >= 15 is 0 Å². The van der Waals surface area contributed by atoms with Crippen LogP contribution in [0, 0.1) is 0 Å². The van der Waals surface area contributed by atoms with Gasteiger partial charge in [-0.3, -0.25) is 4.42 Å². The molecule has 0 bridgehead atoms. The Balaban J connectivity index is 2.13. The van der Waals surface area contributed by atoms with Gasteiger partial charge in [-0.2, -0.15) is 0 Å². The molecule has 2 aromatic rings. The fourth-order valence-electron chi connectivity index (χ4n) is 2.62. The predicted octanol–water partition coefficient (Wildman–Crippen LogP) is 4.36. The Kier molecular flexibility index (Phi) is 4.53. The summed E-state index contributed by atoms with van der Waals surface area (Å²) < 4.78 is 10.5. The summed E-state index contributed by atoms with van der Waals surface area (Å²) in [4.78, 5) is 0. The van der Waals surface area contributed by atoms with Gasteiger partial charge in [-0.15, -0.1) is 0 Å². The van der Waals surface area contributed by atoms with Crippen LogP contribution in [0.15, 0.2) is 84.5 Å². The lowest BCUT2D eigenvalue weighted by molar-refractivity contribution is -0.417. The molecule has 2 heteroatoms. The number of hydrogen-bond acceptors (Lipinski definition) is 1. The van der Waals surface area contributed by atoms with Crippen LogP contribution < -0.4 is 4.74 Å². The first-order valence-electron chi connectivity index (χ1n) is 7.53. The van der Waals surface area contributed by atoms with Gasteiger partial charge in [0.25, 0.3) is 7.11 Å². The van der Waals surface area contributed by atoms with Crippen molar-refractivity contribution in [3.8, 4) is 5.75 Å². The van der Waals surface area contributed by atoms with E-state index in [0.29, 0.717) is 0 Å². The molecule has 0 spiro atoms. The van der Waals surface area contributed by atoms with Crippen LogP contribution in [0.25, 0.3) is 5.57 Å². The Morgan fingerprint density at radius 3 is 1.96 bits per heavy atom. The summed E-state index contributed by atoms with van der Waals surface area (Å²) in [5.74, 6) is 1.71. The molecule has 0 saturated carbocycles. The highest BCUT2D eigenvalue weighted by molar-refractivity contribution is 6.03. The van der Waals surface area contributed by atoms with Crippen molar-refractivity contribution in [2.75, 3.05) is 14.2 Å². The van der Waals surface area contributed by atoms with E-state index in [0.717, 1.165) is 22.7 Å².